The molecule has 2 amide bonds. The summed E-state index contributed by atoms with van der Waals surface area (Å²) in [6, 6.07) is 4.23. The van der Waals surface area contributed by atoms with Crippen molar-refractivity contribution in [2.45, 2.75) is 53.0 Å². The van der Waals surface area contributed by atoms with Gasteiger partial charge in [-0.05, 0) is 69.3 Å². The Kier molecular flexibility index (Phi) is 7.88. The van der Waals surface area contributed by atoms with E-state index in [2.05, 4.69) is 49.0 Å². The number of likely N-dealkylation sites (N-methyl/N-ethyl adjacent to an activating group) is 1. The zero-order valence-corrected chi connectivity index (χ0v) is 17.2. The Hall–Kier alpha value is -1.62. The van der Waals surface area contributed by atoms with Gasteiger partial charge in [-0.25, -0.2) is 4.79 Å². The number of piperidine rings is 1. The monoisotopic (exact) mass is 360 g/mol. The number of amides is 2. The molecule has 26 heavy (non-hydrogen) atoms. The molecule has 2 heterocycles. The molecule has 0 aromatic carbocycles. The fourth-order valence-electron chi connectivity index (χ4n) is 3.60. The van der Waals surface area contributed by atoms with E-state index < -0.39 is 0 Å². The van der Waals surface area contributed by atoms with Gasteiger partial charge in [-0.2, -0.15) is 0 Å². The van der Waals surface area contributed by atoms with Crippen LogP contribution in [0.1, 0.15) is 44.9 Å². The molecule has 0 radical (unpaired) electrons. The number of urea groups is 1. The minimum atomic E-state index is 0.0229. The Morgan fingerprint density at radius 1 is 1.35 bits per heavy atom. The topological polar surface area (TPSA) is 48.5 Å². The van der Waals surface area contributed by atoms with Gasteiger partial charge in [-0.15, -0.1) is 0 Å². The molecule has 1 N–H and O–H groups in total. The number of aryl methyl sites for hydroxylation is 1. The summed E-state index contributed by atoms with van der Waals surface area (Å²) in [6.45, 7) is 13.0. The van der Waals surface area contributed by atoms with Crippen LogP contribution in [0.3, 0.4) is 0 Å². The largest absolute Gasteiger partial charge is 0.338 e. The SMILES string of the molecule is Cc1ccnc(C[C@H](C)N(C)C(=O)NCC2CCN(CC(C)C)CC2)c1. The Bertz CT molecular complexity index is 567. The molecule has 1 saturated heterocycles. The maximum atomic E-state index is 12.5. The normalized spacial score (nSPS) is 17.3. The quantitative estimate of drug-likeness (QED) is 0.811. The van der Waals surface area contributed by atoms with Crippen molar-refractivity contribution in [1.82, 2.24) is 20.1 Å². The first kappa shape index (κ1) is 20.7. The second-order valence-electron chi connectivity index (χ2n) is 8.31. The van der Waals surface area contributed by atoms with E-state index in [1.807, 2.05) is 19.3 Å². The van der Waals surface area contributed by atoms with Crippen molar-refractivity contribution in [3.63, 3.8) is 0 Å². The smallest absolute Gasteiger partial charge is 0.317 e. The Morgan fingerprint density at radius 2 is 2.04 bits per heavy atom. The van der Waals surface area contributed by atoms with E-state index in [1.165, 1.54) is 24.9 Å². The maximum absolute atomic E-state index is 12.5. The fourth-order valence-corrected chi connectivity index (χ4v) is 3.60. The number of hydrogen-bond acceptors (Lipinski definition) is 3. The molecule has 0 aliphatic carbocycles. The average Bonchev–Trinajstić information content (AvgIpc) is 2.59. The van der Waals surface area contributed by atoms with E-state index in [4.69, 9.17) is 0 Å². The highest BCUT2D eigenvalue weighted by Gasteiger charge is 2.22. The summed E-state index contributed by atoms with van der Waals surface area (Å²) in [4.78, 5) is 21.2. The van der Waals surface area contributed by atoms with E-state index in [1.54, 1.807) is 4.90 Å². The van der Waals surface area contributed by atoms with Gasteiger partial charge in [-0.3, -0.25) is 4.98 Å². The predicted molar refractivity (Wildman–Crippen MR) is 107 cm³/mol. The summed E-state index contributed by atoms with van der Waals surface area (Å²) >= 11 is 0. The highest BCUT2D eigenvalue weighted by molar-refractivity contribution is 5.74. The van der Waals surface area contributed by atoms with Crippen LogP contribution in [0.25, 0.3) is 0 Å². The molecule has 2 rings (SSSR count). The molecule has 1 aliphatic rings. The molecule has 1 aromatic heterocycles. The number of pyridine rings is 1. The number of nitrogens with zero attached hydrogens (tertiary/aromatic N) is 3. The minimum absolute atomic E-state index is 0.0229. The number of carbonyl (C=O) groups excluding carboxylic acids is 1. The number of nitrogens with one attached hydrogen (secondary N) is 1. The van der Waals surface area contributed by atoms with Gasteiger partial charge in [0.15, 0.2) is 0 Å². The zero-order chi connectivity index (χ0) is 19.1. The molecule has 1 atom stereocenters. The third-order valence-corrected chi connectivity index (χ3v) is 5.33. The van der Waals surface area contributed by atoms with E-state index in [0.717, 1.165) is 37.7 Å². The van der Waals surface area contributed by atoms with Crippen molar-refractivity contribution in [3.8, 4) is 0 Å². The lowest BCUT2D eigenvalue weighted by atomic mass is 9.96. The van der Waals surface area contributed by atoms with Gasteiger partial charge in [0.2, 0.25) is 0 Å². The molecule has 5 nitrogen and oxygen atoms in total. The Labute approximate surface area is 159 Å². The molecule has 0 bridgehead atoms. The van der Waals surface area contributed by atoms with Crippen LogP contribution in [0.5, 0.6) is 0 Å². The standard InChI is InChI=1S/C21H36N4O/c1-16(2)15-25-10-7-19(8-11-25)14-23-21(26)24(5)18(4)13-20-12-17(3)6-9-22-20/h6,9,12,16,18-19H,7-8,10-11,13-15H2,1-5H3,(H,23,26)/t18-/m0/s1. The van der Waals surface area contributed by atoms with E-state index >= 15 is 0 Å². The van der Waals surface area contributed by atoms with Gasteiger partial charge in [0, 0.05) is 44.5 Å². The first-order valence-electron chi connectivity index (χ1n) is 9.99. The van der Waals surface area contributed by atoms with Crippen LogP contribution in [0.4, 0.5) is 4.79 Å². The van der Waals surface area contributed by atoms with Gasteiger partial charge >= 0.3 is 6.03 Å². The predicted octanol–water partition coefficient (Wildman–Crippen LogP) is 3.33. The highest BCUT2D eigenvalue weighted by Crippen LogP contribution is 2.17. The second-order valence-corrected chi connectivity index (χ2v) is 8.31. The van der Waals surface area contributed by atoms with Crippen molar-refractivity contribution in [2.75, 3.05) is 33.2 Å². The van der Waals surface area contributed by atoms with Crippen molar-refractivity contribution >= 4 is 6.03 Å². The number of hydrogen-bond donors (Lipinski definition) is 1. The molecular formula is C21H36N4O. The van der Waals surface area contributed by atoms with E-state index in [-0.39, 0.29) is 12.1 Å². The van der Waals surface area contributed by atoms with Crippen molar-refractivity contribution in [1.29, 1.82) is 0 Å². The van der Waals surface area contributed by atoms with Gasteiger partial charge < -0.3 is 15.1 Å². The molecule has 1 fully saturated rings. The second kappa shape index (κ2) is 9.91. The van der Waals surface area contributed by atoms with Gasteiger partial charge in [0.1, 0.15) is 0 Å². The third kappa shape index (κ3) is 6.60. The van der Waals surface area contributed by atoms with Crippen molar-refractivity contribution in [2.24, 2.45) is 11.8 Å². The lowest BCUT2D eigenvalue weighted by Gasteiger charge is -2.33. The van der Waals surface area contributed by atoms with Crippen LogP contribution in [-0.4, -0.2) is 60.1 Å². The maximum Gasteiger partial charge on any atom is 0.317 e. The number of carbonyl (C=O) groups is 1. The van der Waals surface area contributed by atoms with Crippen LogP contribution in [0, 0.1) is 18.8 Å². The number of aromatic nitrogens is 1. The van der Waals surface area contributed by atoms with E-state index in [9.17, 15) is 4.79 Å². The minimum Gasteiger partial charge on any atom is -0.338 e. The van der Waals surface area contributed by atoms with Crippen LogP contribution in [-0.2, 0) is 6.42 Å². The summed E-state index contributed by atoms with van der Waals surface area (Å²) in [5.74, 6) is 1.33. The van der Waals surface area contributed by atoms with Crippen LogP contribution in [0.15, 0.2) is 18.3 Å². The summed E-state index contributed by atoms with van der Waals surface area (Å²) < 4.78 is 0. The first-order valence-corrected chi connectivity index (χ1v) is 9.99. The molecule has 0 saturated carbocycles. The van der Waals surface area contributed by atoms with Crippen LogP contribution < -0.4 is 5.32 Å². The Morgan fingerprint density at radius 3 is 2.65 bits per heavy atom. The molecule has 5 heteroatoms. The molecule has 1 aromatic rings. The molecule has 0 spiro atoms. The van der Waals surface area contributed by atoms with Gasteiger partial charge in [0.25, 0.3) is 0 Å². The van der Waals surface area contributed by atoms with Crippen LogP contribution >= 0.6 is 0 Å². The number of rotatable bonds is 7. The summed E-state index contributed by atoms with van der Waals surface area (Å²) in [5.41, 5.74) is 2.24. The third-order valence-electron chi connectivity index (χ3n) is 5.33. The Balaban J connectivity index is 1.72. The summed E-state index contributed by atoms with van der Waals surface area (Å²) in [7, 11) is 1.88. The van der Waals surface area contributed by atoms with Gasteiger partial charge in [-0.1, -0.05) is 13.8 Å². The fraction of sp³-hybridized carbons (Fsp3) is 0.714. The average molecular weight is 361 g/mol. The lowest BCUT2D eigenvalue weighted by molar-refractivity contribution is 0.160. The summed E-state index contributed by atoms with van der Waals surface area (Å²) in [5, 5.41) is 3.13. The number of likely N-dealkylation sites (tertiary alicyclic amines) is 1. The highest BCUT2D eigenvalue weighted by atomic mass is 16.2. The molecule has 146 valence electrons. The summed E-state index contributed by atoms with van der Waals surface area (Å²) in [6.07, 6.45) is 4.97. The first-order chi connectivity index (χ1) is 12.3. The van der Waals surface area contributed by atoms with Gasteiger partial charge in [0.05, 0.1) is 0 Å². The molecule has 1 aliphatic heterocycles. The van der Waals surface area contributed by atoms with Crippen molar-refractivity contribution < 1.29 is 4.79 Å². The van der Waals surface area contributed by atoms with Crippen LogP contribution in [0.2, 0.25) is 0 Å². The van der Waals surface area contributed by atoms with E-state index in [0.29, 0.717) is 5.92 Å². The molecule has 0 unspecified atom stereocenters. The lowest BCUT2D eigenvalue weighted by Crippen LogP contribution is -2.46. The van der Waals surface area contributed by atoms with Crippen molar-refractivity contribution in [3.05, 3.63) is 29.6 Å². The molecular weight excluding hydrogens is 324 g/mol. The zero-order valence-electron chi connectivity index (χ0n) is 17.2.